The molecule has 0 saturated carbocycles. The van der Waals surface area contributed by atoms with Gasteiger partial charge in [0.2, 0.25) is 5.91 Å². The number of nitrogens with one attached hydrogen (secondary N) is 1. The van der Waals surface area contributed by atoms with E-state index in [-0.39, 0.29) is 17.7 Å². The van der Waals surface area contributed by atoms with Crippen molar-refractivity contribution in [2.45, 2.75) is 19.3 Å². The van der Waals surface area contributed by atoms with Crippen LogP contribution in [0.2, 0.25) is 0 Å². The van der Waals surface area contributed by atoms with Gasteiger partial charge in [-0.15, -0.1) is 0 Å². The molecule has 0 spiro atoms. The number of fused-ring (bicyclic) bond motifs is 1. The maximum absolute atomic E-state index is 13.0. The van der Waals surface area contributed by atoms with Gasteiger partial charge in [0.15, 0.2) is 0 Å². The Morgan fingerprint density at radius 1 is 1.03 bits per heavy atom. The van der Waals surface area contributed by atoms with Crippen LogP contribution in [-0.2, 0) is 14.3 Å². The number of ether oxygens (including phenoxy) is 2. The summed E-state index contributed by atoms with van der Waals surface area (Å²) in [7, 11) is 1.64. The van der Waals surface area contributed by atoms with Crippen LogP contribution in [-0.4, -0.2) is 63.3 Å². The average Bonchev–Trinajstić information content (AvgIpc) is 2.77. The zero-order valence-electron chi connectivity index (χ0n) is 17.1. The first-order chi connectivity index (χ1) is 14.2. The highest BCUT2D eigenvalue weighted by atomic mass is 16.5. The first-order valence-corrected chi connectivity index (χ1v) is 10.3. The van der Waals surface area contributed by atoms with Gasteiger partial charge in [-0.2, -0.15) is 0 Å². The molecule has 1 heterocycles. The van der Waals surface area contributed by atoms with Crippen LogP contribution in [0, 0.1) is 5.92 Å². The Hall–Kier alpha value is -2.44. The molecule has 1 saturated heterocycles. The Kier molecular flexibility index (Phi) is 8.02. The Morgan fingerprint density at radius 2 is 1.79 bits per heavy atom. The predicted octanol–water partition coefficient (Wildman–Crippen LogP) is 2.86. The van der Waals surface area contributed by atoms with E-state index in [1.807, 2.05) is 47.4 Å². The first-order valence-electron chi connectivity index (χ1n) is 10.3. The lowest BCUT2D eigenvalue weighted by Gasteiger charge is -2.31. The van der Waals surface area contributed by atoms with E-state index >= 15 is 0 Å². The van der Waals surface area contributed by atoms with Crippen molar-refractivity contribution in [3.05, 3.63) is 48.0 Å². The highest BCUT2D eigenvalue weighted by molar-refractivity contribution is 6.07. The number of amides is 2. The second-order valence-corrected chi connectivity index (χ2v) is 7.34. The van der Waals surface area contributed by atoms with Crippen LogP contribution in [0.4, 0.5) is 0 Å². The second kappa shape index (κ2) is 10.9. The topological polar surface area (TPSA) is 67.9 Å². The molecule has 2 amide bonds. The third kappa shape index (κ3) is 5.78. The van der Waals surface area contributed by atoms with E-state index < -0.39 is 0 Å². The van der Waals surface area contributed by atoms with E-state index in [0.717, 1.165) is 22.8 Å². The summed E-state index contributed by atoms with van der Waals surface area (Å²) in [6.07, 6.45) is 2.19. The van der Waals surface area contributed by atoms with E-state index in [1.54, 1.807) is 7.11 Å². The van der Waals surface area contributed by atoms with Gasteiger partial charge in [-0.1, -0.05) is 36.4 Å². The largest absolute Gasteiger partial charge is 0.382 e. The van der Waals surface area contributed by atoms with E-state index in [4.69, 9.17) is 9.47 Å². The van der Waals surface area contributed by atoms with Gasteiger partial charge in [-0.05, 0) is 36.1 Å². The first kappa shape index (κ1) is 21.3. The molecule has 2 aromatic rings. The minimum absolute atomic E-state index is 0.0269. The van der Waals surface area contributed by atoms with Crippen molar-refractivity contribution in [1.29, 1.82) is 0 Å². The number of hydrogen-bond donors (Lipinski definition) is 1. The third-order valence-corrected chi connectivity index (χ3v) is 5.37. The molecule has 29 heavy (non-hydrogen) atoms. The summed E-state index contributed by atoms with van der Waals surface area (Å²) in [5.74, 6) is 0.106. The molecule has 6 nitrogen and oxygen atoms in total. The highest BCUT2D eigenvalue weighted by Crippen LogP contribution is 2.23. The van der Waals surface area contributed by atoms with Crippen molar-refractivity contribution >= 4 is 22.6 Å². The summed E-state index contributed by atoms with van der Waals surface area (Å²) in [5, 5.41) is 5.04. The Labute approximate surface area is 172 Å². The van der Waals surface area contributed by atoms with Gasteiger partial charge in [-0.25, -0.2) is 0 Å². The van der Waals surface area contributed by atoms with Gasteiger partial charge in [-0.3, -0.25) is 9.59 Å². The lowest BCUT2D eigenvalue weighted by atomic mass is 9.95. The van der Waals surface area contributed by atoms with Crippen LogP contribution in [0.3, 0.4) is 0 Å². The van der Waals surface area contributed by atoms with Crippen LogP contribution in [0.25, 0.3) is 10.8 Å². The summed E-state index contributed by atoms with van der Waals surface area (Å²) < 4.78 is 10.3. The number of carbonyl (C=O) groups is 2. The summed E-state index contributed by atoms with van der Waals surface area (Å²) >= 11 is 0. The minimum Gasteiger partial charge on any atom is -0.382 e. The SMILES string of the molecule is COCCOCCCNC(=O)C1CCN(C(=O)c2cccc3ccccc23)CC1. The monoisotopic (exact) mass is 398 g/mol. The molecule has 2 aromatic carbocycles. The molecule has 0 aromatic heterocycles. The molecule has 1 aliphatic rings. The summed E-state index contributed by atoms with van der Waals surface area (Å²) in [5.41, 5.74) is 0.736. The molecule has 0 radical (unpaired) electrons. The third-order valence-electron chi connectivity index (χ3n) is 5.37. The Balaban J connectivity index is 1.44. The van der Waals surface area contributed by atoms with E-state index in [0.29, 0.717) is 52.3 Å². The molecule has 0 bridgehead atoms. The number of methoxy groups -OCH3 is 1. The van der Waals surface area contributed by atoms with Crippen LogP contribution in [0.1, 0.15) is 29.6 Å². The number of carbonyl (C=O) groups excluding carboxylic acids is 2. The van der Waals surface area contributed by atoms with Crippen molar-refractivity contribution in [3.8, 4) is 0 Å². The molecule has 1 aliphatic heterocycles. The van der Waals surface area contributed by atoms with Gasteiger partial charge in [0.05, 0.1) is 13.2 Å². The zero-order valence-corrected chi connectivity index (χ0v) is 17.1. The molecular weight excluding hydrogens is 368 g/mol. The normalized spacial score (nSPS) is 14.9. The lowest BCUT2D eigenvalue weighted by Crippen LogP contribution is -2.43. The van der Waals surface area contributed by atoms with Gasteiger partial charge < -0.3 is 19.7 Å². The van der Waals surface area contributed by atoms with Crippen molar-refractivity contribution in [2.75, 3.05) is 46.6 Å². The van der Waals surface area contributed by atoms with Gasteiger partial charge in [0.25, 0.3) is 5.91 Å². The number of rotatable bonds is 9. The van der Waals surface area contributed by atoms with Gasteiger partial charge >= 0.3 is 0 Å². The molecule has 1 N–H and O–H groups in total. The summed E-state index contributed by atoms with van der Waals surface area (Å²) in [6.45, 7) is 3.61. The maximum Gasteiger partial charge on any atom is 0.254 e. The number of nitrogens with zero attached hydrogens (tertiary/aromatic N) is 1. The fourth-order valence-corrected chi connectivity index (χ4v) is 3.70. The molecule has 0 atom stereocenters. The fraction of sp³-hybridized carbons (Fsp3) is 0.478. The Morgan fingerprint density at radius 3 is 2.59 bits per heavy atom. The van der Waals surface area contributed by atoms with Crippen LogP contribution in [0.5, 0.6) is 0 Å². The number of benzene rings is 2. The number of piperidine rings is 1. The highest BCUT2D eigenvalue weighted by Gasteiger charge is 2.28. The predicted molar refractivity (Wildman–Crippen MR) is 113 cm³/mol. The van der Waals surface area contributed by atoms with Crippen LogP contribution in [0.15, 0.2) is 42.5 Å². The van der Waals surface area contributed by atoms with Crippen molar-refractivity contribution in [2.24, 2.45) is 5.92 Å². The number of likely N-dealkylation sites (tertiary alicyclic amines) is 1. The minimum atomic E-state index is -0.0269. The zero-order chi connectivity index (χ0) is 20.5. The van der Waals surface area contributed by atoms with Crippen molar-refractivity contribution in [3.63, 3.8) is 0 Å². The van der Waals surface area contributed by atoms with E-state index in [9.17, 15) is 9.59 Å². The average molecular weight is 399 g/mol. The molecular formula is C23H30N2O4. The summed E-state index contributed by atoms with van der Waals surface area (Å²) in [6, 6.07) is 13.8. The maximum atomic E-state index is 13.0. The smallest absolute Gasteiger partial charge is 0.254 e. The lowest BCUT2D eigenvalue weighted by molar-refractivity contribution is -0.126. The van der Waals surface area contributed by atoms with Crippen LogP contribution >= 0.6 is 0 Å². The van der Waals surface area contributed by atoms with E-state index in [2.05, 4.69) is 5.32 Å². The van der Waals surface area contributed by atoms with Gasteiger partial charge in [0, 0.05) is 44.8 Å². The molecule has 3 rings (SSSR count). The fourth-order valence-electron chi connectivity index (χ4n) is 3.70. The molecule has 6 heteroatoms. The van der Waals surface area contributed by atoms with Crippen molar-refractivity contribution < 1.29 is 19.1 Å². The summed E-state index contributed by atoms with van der Waals surface area (Å²) in [4.78, 5) is 27.3. The molecule has 0 aliphatic carbocycles. The molecule has 156 valence electrons. The molecule has 1 fully saturated rings. The van der Waals surface area contributed by atoms with Crippen LogP contribution < -0.4 is 5.32 Å². The standard InChI is InChI=1S/C23H30N2O4/c1-28-16-17-29-15-5-12-24-22(26)19-10-13-25(14-11-19)23(27)21-9-4-7-18-6-2-3-8-20(18)21/h2-4,6-9,19H,5,10-17H2,1H3,(H,24,26). The number of hydrogen-bond acceptors (Lipinski definition) is 4. The Bertz CT molecular complexity index is 810. The molecule has 0 unspecified atom stereocenters. The quantitative estimate of drug-likeness (QED) is 0.660. The second-order valence-electron chi connectivity index (χ2n) is 7.34. The van der Waals surface area contributed by atoms with Crippen molar-refractivity contribution in [1.82, 2.24) is 10.2 Å². The van der Waals surface area contributed by atoms with E-state index in [1.165, 1.54) is 0 Å². The van der Waals surface area contributed by atoms with Gasteiger partial charge in [0.1, 0.15) is 0 Å².